The first-order valence-corrected chi connectivity index (χ1v) is 9.81. The van der Waals surface area contributed by atoms with Gasteiger partial charge in [-0.05, 0) is 55.0 Å². The van der Waals surface area contributed by atoms with Crippen molar-refractivity contribution in [1.82, 2.24) is 9.88 Å². The van der Waals surface area contributed by atoms with E-state index in [1.165, 1.54) is 6.42 Å². The van der Waals surface area contributed by atoms with E-state index in [2.05, 4.69) is 17.2 Å². The number of hydrogen-bond acceptors (Lipinski definition) is 5. The molecule has 0 spiro atoms. The minimum Gasteiger partial charge on any atom is -0.493 e. The van der Waals surface area contributed by atoms with Crippen molar-refractivity contribution in [1.29, 1.82) is 0 Å². The summed E-state index contributed by atoms with van der Waals surface area (Å²) in [7, 11) is 3.27. The van der Waals surface area contributed by atoms with Gasteiger partial charge in [0.05, 0.1) is 26.1 Å². The minimum atomic E-state index is 0.0310. The number of piperidine rings is 1. The molecule has 1 unspecified atom stereocenters. The van der Waals surface area contributed by atoms with Crippen LogP contribution < -0.4 is 14.8 Å². The second-order valence-electron chi connectivity index (χ2n) is 7.30. The van der Waals surface area contributed by atoms with E-state index in [-0.39, 0.29) is 5.91 Å². The summed E-state index contributed by atoms with van der Waals surface area (Å²) in [6.45, 7) is 4.61. The SMILES string of the molecule is COc1ccc(CCNc2ccc(C(=O)N3CCCC(C)C3)nc2)cc1OC. The summed E-state index contributed by atoms with van der Waals surface area (Å²) in [5.74, 6) is 2.06. The predicted molar refractivity (Wildman–Crippen MR) is 110 cm³/mol. The van der Waals surface area contributed by atoms with Crippen LogP contribution in [0.15, 0.2) is 36.5 Å². The van der Waals surface area contributed by atoms with Crippen LogP contribution in [0.3, 0.4) is 0 Å². The number of nitrogens with one attached hydrogen (secondary N) is 1. The predicted octanol–water partition coefficient (Wildman–Crippen LogP) is 3.63. The van der Waals surface area contributed by atoms with Gasteiger partial charge in [0.25, 0.3) is 5.91 Å². The molecule has 0 bridgehead atoms. The first-order chi connectivity index (χ1) is 13.6. The highest BCUT2D eigenvalue weighted by Gasteiger charge is 2.22. The molecule has 3 rings (SSSR count). The summed E-state index contributed by atoms with van der Waals surface area (Å²) in [5, 5.41) is 3.35. The van der Waals surface area contributed by atoms with Gasteiger partial charge in [0.15, 0.2) is 11.5 Å². The Morgan fingerprint density at radius 1 is 1.21 bits per heavy atom. The van der Waals surface area contributed by atoms with Gasteiger partial charge in [-0.15, -0.1) is 0 Å². The molecule has 1 aliphatic rings. The zero-order chi connectivity index (χ0) is 19.9. The van der Waals surface area contributed by atoms with E-state index in [9.17, 15) is 4.79 Å². The van der Waals surface area contributed by atoms with Gasteiger partial charge in [-0.25, -0.2) is 4.98 Å². The van der Waals surface area contributed by atoms with Gasteiger partial charge in [0.1, 0.15) is 5.69 Å². The molecule has 1 amide bonds. The third-order valence-electron chi connectivity index (χ3n) is 5.12. The van der Waals surface area contributed by atoms with Gasteiger partial charge < -0.3 is 19.7 Å². The zero-order valence-corrected chi connectivity index (χ0v) is 16.9. The van der Waals surface area contributed by atoms with Crippen LogP contribution in [-0.4, -0.2) is 49.6 Å². The van der Waals surface area contributed by atoms with Crippen molar-refractivity contribution in [3.8, 4) is 11.5 Å². The van der Waals surface area contributed by atoms with E-state index in [0.717, 1.165) is 55.2 Å². The number of hydrogen-bond donors (Lipinski definition) is 1. The monoisotopic (exact) mass is 383 g/mol. The van der Waals surface area contributed by atoms with Crippen LogP contribution >= 0.6 is 0 Å². The van der Waals surface area contributed by atoms with Gasteiger partial charge in [-0.2, -0.15) is 0 Å². The molecule has 1 N–H and O–H groups in total. The number of ether oxygens (including phenoxy) is 2. The summed E-state index contributed by atoms with van der Waals surface area (Å²) in [5.41, 5.74) is 2.58. The Labute approximate surface area is 166 Å². The molecule has 1 aromatic heterocycles. The lowest BCUT2D eigenvalue weighted by atomic mass is 10.00. The fourth-order valence-corrected chi connectivity index (χ4v) is 3.55. The van der Waals surface area contributed by atoms with Crippen LogP contribution in [0.4, 0.5) is 5.69 Å². The Morgan fingerprint density at radius 3 is 2.71 bits per heavy atom. The molecule has 2 heterocycles. The lowest BCUT2D eigenvalue weighted by molar-refractivity contribution is 0.0677. The first-order valence-electron chi connectivity index (χ1n) is 9.81. The van der Waals surface area contributed by atoms with E-state index in [1.807, 2.05) is 29.2 Å². The Balaban J connectivity index is 1.52. The highest BCUT2D eigenvalue weighted by atomic mass is 16.5. The van der Waals surface area contributed by atoms with Crippen LogP contribution in [0, 0.1) is 5.92 Å². The smallest absolute Gasteiger partial charge is 0.272 e. The highest BCUT2D eigenvalue weighted by molar-refractivity contribution is 5.92. The highest BCUT2D eigenvalue weighted by Crippen LogP contribution is 2.27. The third-order valence-corrected chi connectivity index (χ3v) is 5.12. The average Bonchev–Trinajstić information content (AvgIpc) is 2.73. The normalized spacial score (nSPS) is 16.5. The number of carbonyl (C=O) groups excluding carboxylic acids is 1. The fourth-order valence-electron chi connectivity index (χ4n) is 3.55. The van der Waals surface area contributed by atoms with Crippen molar-refractivity contribution in [2.75, 3.05) is 39.2 Å². The molecule has 0 aliphatic carbocycles. The molecule has 28 heavy (non-hydrogen) atoms. The standard InChI is InChI=1S/C22H29N3O3/c1-16-5-4-12-25(15-16)22(26)19-8-7-18(14-24-19)23-11-10-17-6-9-20(27-2)21(13-17)28-3/h6-9,13-14,16,23H,4-5,10-12,15H2,1-3H3. The Morgan fingerprint density at radius 2 is 2.04 bits per heavy atom. The molecule has 150 valence electrons. The second-order valence-corrected chi connectivity index (χ2v) is 7.30. The topological polar surface area (TPSA) is 63.7 Å². The molecule has 6 heteroatoms. The van der Waals surface area contributed by atoms with E-state index >= 15 is 0 Å². The largest absolute Gasteiger partial charge is 0.493 e. The molecule has 0 radical (unpaired) electrons. The molecular formula is C22H29N3O3. The van der Waals surface area contributed by atoms with E-state index in [4.69, 9.17) is 9.47 Å². The van der Waals surface area contributed by atoms with E-state index < -0.39 is 0 Å². The number of carbonyl (C=O) groups is 1. The Bertz CT molecular complexity index is 792. The van der Waals surface area contributed by atoms with Crippen molar-refractivity contribution < 1.29 is 14.3 Å². The second kappa shape index (κ2) is 9.44. The maximum Gasteiger partial charge on any atom is 0.272 e. The molecule has 2 aromatic rings. The number of nitrogens with zero attached hydrogens (tertiary/aromatic N) is 2. The number of anilines is 1. The summed E-state index contributed by atoms with van der Waals surface area (Å²) in [4.78, 5) is 18.9. The van der Waals surface area contributed by atoms with Crippen molar-refractivity contribution in [3.63, 3.8) is 0 Å². The van der Waals surface area contributed by atoms with Gasteiger partial charge >= 0.3 is 0 Å². The van der Waals surface area contributed by atoms with E-state index in [0.29, 0.717) is 11.6 Å². The summed E-state index contributed by atoms with van der Waals surface area (Å²) in [6, 6.07) is 9.66. The lowest BCUT2D eigenvalue weighted by Crippen LogP contribution is -2.39. The van der Waals surface area contributed by atoms with Crippen molar-refractivity contribution >= 4 is 11.6 Å². The van der Waals surface area contributed by atoms with Crippen LogP contribution in [0.2, 0.25) is 0 Å². The Hall–Kier alpha value is -2.76. The molecule has 0 saturated carbocycles. The summed E-state index contributed by atoms with van der Waals surface area (Å²) >= 11 is 0. The van der Waals surface area contributed by atoms with Gasteiger partial charge in [-0.3, -0.25) is 4.79 Å². The van der Waals surface area contributed by atoms with Crippen LogP contribution in [0.25, 0.3) is 0 Å². The molecule has 1 atom stereocenters. The number of amides is 1. The van der Waals surface area contributed by atoms with E-state index in [1.54, 1.807) is 26.5 Å². The van der Waals surface area contributed by atoms with Crippen molar-refractivity contribution in [2.45, 2.75) is 26.2 Å². The van der Waals surface area contributed by atoms with Crippen LogP contribution in [0.1, 0.15) is 35.8 Å². The first kappa shape index (κ1) is 20.0. The number of aromatic nitrogens is 1. The number of rotatable bonds is 7. The van der Waals surface area contributed by atoms with Crippen molar-refractivity contribution in [3.05, 3.63) is 47.8 Å². The quantitative estimate of drug-likeness (QED) is 0.791. The maximum absolute atomic E-state index is 12.6. The molecule has 6 nitrogen and oxygen atoms in total. The number of likely N-dealkylation sites (tertiary alicyclic amines) is 1. The number of methoxy groups -OCH3 is 2. The zero-order valence-electron chi connectivity index (χ0n) is 16.9. The number of benzene rings is 1. The molecule has 1 aliphatic heterocycles. The van der Waals surface area contributed by atoms with Crippen molar-refractivity contribution in [2.24, 2.45) is 5.92 Å². The number of pyridine rings is 1. The van der Waals surface area contributed by atoms with Gasteiger partial charge in [0.2, 0.25) is 0 Å². The molecule has 1 fully saturated rings. The third kappa shape index (κ3) is 4.94. The fraction of sp³-hybridized carbons (Fsp3) is 0.455. The summed E-state index contributed by atoms with van der Waals surface area (Å²) in [6.07, 6.45) is 4.84. The Kier molecular flexibility index (Phi) is 6.74. The lowest BCUT2D eigenvalue weighted by Gasteiger charge is -2.30. The van der Waals surface area contributed by atoms with Crippen LogP contribution in [0.5, 0.6) is 11.5 Å². The molecule has 1 aromatic carbocycles. The van der Waals surface area contributed by atoms with Gasteiger partial charge in [-0.1, -0.05) is 13.0 Å². The maximum atomic E-state index is 12.6. The molecule has 1 saturated heterocycles. The molecular weight excluding hydrogens is 354 g/mol. The summed E-state index contributed by atoms with van der Waals surface area (Å²) < 4.78 is 10.6. The average molecular weight is 383 g/mol. The van der Waals surface area contributed by atoms with Crippen LogP contribution in [-0.2, 0) is 6.42 Å². The van der Waals surface area contributed by atoms with Gasteiger partial charge in [0, 0.05) is 19.6 Å². The minimum absolute atomic E-state index is 0.0310.